The van der Waals surface area contributed by atoms with E-state index in [4.69, 9.17) is 10.8 Å². The Kier molecular flexibility index (Phi) is 10.5. The number of carbonyl (C=O) groups is 4. The van der Waals surface area contributed by atoms with Gasteiger partial charge in [-0.1, -0.05) is 0 Å². The standard InChI is InChI=1S/C13H24N4O6S2/c1-5(13(22)23)15-11(20)8(4-25)16-12(21)9(6(2)18)17-10(19)7(14)3-24/h5-9,18,24-25H,3-4,14H2,1-2H3,(H,15,20)(H,16,21)(H,17,19)(H,22,23). The topological polar surface area (TPSA) is 171 Å². The molecule has 0 aliphatic heterocycles. The Hall–Kier alpha value is -1.50. The molecule has 0 aliphatic carbocycles. The Labute approximate surface area is 156 Å². The van der Waals surface area contributed by atoms with Crippen LogP contribution < -0.4 is 21.7 Å². The summed E-state index contributed by atoms with van der Waals surface area (Å²) < 4.78 is 0. The lowest BCUT2D eigenvalue weighted by Crippen LogP contribution is -2.60. The number of carboxylic acids is 1. The highest BCUT2D eigenvalue weighted by Gasteiger charge is 2.31. The van der Waals surface area contributed by atoms with Crippen molar-refractivity contribution in [3.05, 3.63) is 0 Å². The van der Waals surface area contributed by atoms with Crippen molar-refractivity contribution in [1.29, 1.82) is 0 Å². The van der Waals surface area contributed by atoms with Gasteiger partial charge in [0.15, 0.2) is 0 Å². The van der Waals surface area contributed by atoms with Crippen LogP contribution in [-0.4, -0.2) is 75.7 Å². The molecule has 0 aromatic carbocycles. The third-order valence-corrected chi connectivity index (χ3v) is 3.90. The molecule has 0 saturated carbocycles. The Morgan fingerprint density at radius 1 is 0.960 bits per heavy atom. The maximum Gasteiger partial charge on any atom is 0.325 e. The van der Waals surface area contributed by atoms with Crippen LogP contribution in [0.1, 0.15) is 13.8 Å². The maximum absolute atomic E-state index is 12.2. The second-order valence-corrected chi connectivity index (χ2v) is 6.06. The van der Waals surface area contributed by atoms with Gasteiger partial charge >= 0.3 is 5.97 Å². The highest BCUT2D eigenvalue weighted by molar-refractivity contribution is 7.80. The zero-order valence-electron chi connectivity index (χ0n) is 13.8. The second-order valence-electron chi connectivity index (χ2n) is 5.33. The van der Waals surface area contributed by atoms with Crippen LogP contribution in [0.2, 0.25) is 0 Å². The lowest BCUT2D eigenvalue weighted by atomic mass is 10.1. The molecule has 3 amide bonds. The van der Waals surface area contributed by atoms with Crippen molar-refractivity contribution in [2.45, 2.75) is 44.1 Å². The van der Waals surface area contributed by atoms with E-state index in [-0.39, 0.29) is 11.5 Å². The molecule has 0 aromatic heterocycles. The number of aliphatic carboxylic acids is 1. The van der Waals surface area contributed by atoms with Gasteiger partial charge < -0.3 is 31.9 Å². The fraction of sp³-hybridized carbons (Fsp3) is 0.692. The number of hydrogen-bond donors (Lipinski definition) is 8. The summed E-state index contributed by atoms with van der Waals surface area (Å²) in [6.07, 6.45) is -1.27. The summed E-state index contributed by atoms with van der Waals surface area (Å²) in [5.74, 6) is -3.63. The number of aliphatic hydroxyl groups is 1. The van der Waals surface area contributed by atoms with E-state index in [1.54, 1.807) is 0 Å². The number of nitrogens with two attached hydrogens (primary N) is 1. The lowest BCUT2D eigenvalue weighted by Gasteiger charge is -2.25. The first-order chi connectivity index (χ1) is 11.5. The van der Waals surface area contributed by atoms with Crippen LogP contribution in [0.5, 0.6) is 0 Å². The van der Waals surface area contributed by atoms with E-state index in [1.165, 1.54) is 13.8 Å². The first-order valence-electron chi connectivity index (χ1n) is 7.34. The second kappa shape index (κ2) is 11.2. The molecule has 0 heterocycles. The van der Waals surface area contributed by atoms with E-state index < -0.39 is 54.0 Å². The number of nitrogens with one attached hydrogen (secondary N) is 3. The predicted octanol–water partition coefficient (Wildman–Crippen LogP) is -2.89. The van der Waals surface area contributed by atoms with Gasteiger partial charge in [0.05, 0.1) is 12.1 Å². The van der Waals surface area contributed by atoms with Crippen LogP contribution in [0.25, 0.3) is 0 Å². The number of amides is 3. The molecule has 144 valence electrons. The molecule has 5 unspecified atom stereocenters. The molecule has 0 saturated heterocycles. The highest BCUT2D eigenvalue weighted by Crippen LogP contribution is 1.99. The van der Waals surface area contributed by atoms with Crippen LogP contribution in [0.4, 0.5) is 0 Å². The number of carboxylic acid groups (broad SMARTS) is 1. The highest BCUT2D eigenvalue weighted by atomic mass is 32.1. The molecule has 0 aliphatic rings. The monoisotopic (exact) mass is 396 g/mol. The summed E-state index contributed by atoms with van der Waals surface area (Å²) in [7, 11) is 0. The summed E-state index contributed by atoms with van der Waals surface area (Å²) in [5.41, 5.74) is 5.49. The largest absolute Gasteiger partial charge is 0.480 e. The fourth-order valence-corrected chi connectivity index (χ4v) is 2.00. The van der Waals surface area contributed by atoms with Crippen molar-refractivity contribution in [2.24, 2.45) is 5.73 Å². The quantitative estimate of drug-likeness (QED) is 0.183. The van der Waals surface area contributed by atoms with Gasteiger partial charge in [0.2, 0.25) is 17.7 Å². The maximum atomic E-state index is 12.2. The van der Waals surface area contributed by atoms with Gasteiger partial charge in [-0.2, -0.15) is 25.3 Å². The van der Waals surface area contributed by atoms with E-state index in [2.05, 4.69) is 41.2 Å². The van der Waals surface area contributed by atoms with Crippen molar-refractivity contribution in [1.82, 2.24) is 16.0 Å². The van der Waals surface area contributed by atoms with Crippen LogP contribution in [0.15, 0.2) is 0 Å². The minimum atomic E-state index is -1.36. The van der Waals surface area contributed by atoms with E-state index in [1.807, 2.05) is 0 Å². The predicted molar refractivity (Wildman–Crippen MR) is 96.5 cm³/mol. The van der Waals surface area contributed by atoms with E-state index in [0.29, 0.717) is 0 Å². The summed E-state index contributed by atoms with van der Waals surface area (Å²) in [5, 5.41) is 25.2. The Morgan fingerprint density at radius 2 is 1.52 bits per heavy atom. The zero-order chi connectivity index (χ0) is 19.7. The van der Waals surface area contributed by atoms with Gasteiger partial charge in [-0.15, -0.1) is 0 Å². The van der Waals surface area contributed by atoms with Crippen LogP contribution in [0.3, 0.4) is 0 Å². The molecule has 0 aromatic rings. The minimum Gasteiger partial charge on any atom is -0.480 e. The van der Waals surface area contributed by atoms with Crippen LogP contribution in [-0.2, 0) is 19.2 Å². The van der Waals surface area contributed by atoms with Crippen LogP contribution in [0, 0.1) is 0 Å². The fourth-order valence-electron chi connectivity index (χ4n) is 1.58. The van der Waals surface area contributed by atoms with Gasteiger partial charge in [0, 0.05) is 11.5 Å². The number of hydrogen-bond acceptors (Lipinski definition) is 8. The molecule has 5 atom stereocenters. The van der Waals surface area contributed by atoms with Gasteiger partial charge in [-0.3, -0.25) is 19.2 Å². The average Bonchev–Trinajstić information content (AvgIpc) is 2.55. The van der Waals surface area contributed by atoms with Crippen molar-refractivity contribution >= 4 is 48.9 Å². The molecule has 0 spiro atoms. The molecule has 12 heteroatoms. The summed E-state index contributed by atoms with van der Waals surface area (Å²) in [6.45, 7) is 2.54. The SMILES string of the molecule is CC(NC(=O)C(CS)NC(=O)C(NC(=O)C(N)CS)C(C)O)C(=O)O. The molecule has 0 rings (SSSR count). The molecule has 0 fully saturated rings. The Balaban J connectivity index is 4.98. The first kappa shape index (κ1) is 23.5. The smallest absolute Gasteiger partial charge is 0.325 e. The minimum absolute atomic E-state index is 0.0364. The lowest BCUT2D eigenvalue weighted by molar-refractivity contribution is -0.141. The van der Waals surface area contributed by atoms with E-state index in [9.17, 15) is 24.3 Å². The third-order valence-electron chi connectivity index (χ3n) is 3.14. The summed E-state index contributed by atoms with van der Waals surface area (Å²) in [4.78, 5) is 46.8. The average molecular weight is 396 g/mol. The van der Waals surface area contributed by atoms with Gasteiger partial charge in [-0.05, 0) is 13.8 Å². The van der Waals surface area contributed by atoms with Crippen molar-refractivity contribution < 1.29 is 29.4 Å². The molecular weight excluding hydrogens is 372 g/mol. The van der Waals surface area contributed by atoms with E-state index >= 15 is 0 Å². The van der Waals surface area contributed by atoms with E-state index in [0.717, 1.165) is 0 Å². The number of carbonyl (C=O) groups excluding carboxylic acids is 3. The van der Waals surface area contributed by atoms with Gasteiger partial charge in [0.1, 0.15) is 18.1 Å². The molecular formula is C13H24N4O6S2. The Bertz CT molecular complexity index is 505. The molecule has 0 bridgehead atoms. The zero-order valence-corrected chi connectivity index (χ0v) is 15.6. The summed E-state index contributed by atoms with van der Waals surface area (Å²) >= 11 is 7.81. The van der Waals surface area contributed by atoms with Crippen molar-refractivity contribution in [3.63, 3.8) is 0 Å². The van der Waals surface area contributed by atoms with Gasteiger partial charge in [-0.25, -0.2) is 0 Å². The molecule has 7 N–H and O–H groups in total. The number of rotatable bonds is 10. The number of aliphatic hydroxyl groups excluding tert-OH is 1. The van der Waals surface area contributed by atoms with Gasteiger partial charge in [0.25, 0.3) is 0 Å². The van der Waals surface area contributed by atoms with Crippen molar-refractivity contribution in [3.8, 4) is 0 Å². The third kappa shape index (κ3) is 7.94. The normalized spacial score (nSPS) is 16.7. The molecule has 0 radical (unpaired) electrons. The first-order valence-corrected chi connectivity index (χ1v) is 8.60. The van der Waals surface area contributed by atoms with Crippen LogP contribution >= 0.6 is 25.3 Å². The summed E-state index contributed by atoms with van der Waals surface area (Å²) in [6, 6.07) is -4.65. The molecule has 10 nitrogen and oxygen atoms in total. The van der Waals surface area contributed by atoms with Crippen molar-refractivity contribution in [2.75, 3.05) is 11.5 Å². The Morgan fingerprint density at radius 3 is 1.92 bits per heavy atom. The number of thiol groups is 2. The molecule has 25 heavy (non-hydrogen) atoms.